The molecule has 7 nitrogen and oxygen atoms in total. The van der Waals surface area contributed by atoms with Crippen molar-refractivity contribution in [2.75, 3.05) is 6.54 Å². The molecule has 0 spiro atoms. The van der Waals surface area contributed by atoms with Crippen LogP contribution in [0, 0.1) is 0 Å². The average Bonchev–Trinajstić information content (AvgIpc) is 1.38. The maximum Gasteiger partial charge on any atom is 0.317 e. The third-order valence-electron chi connectivity index (χ3n) is 0.175. The molecule has 15 N–H and O–H groups in total. The van der Waals surface area contributed by atoms with Crippen LogP contribution in [0.1, 0.15) is 0 Å². The normalized spacial score (nSPS) is 3.36. The van der Waals surface area contributed by atoms with Gasteiger partial charge in [-0.2, -0.15) is 0 Å². The molecule has 0 aliphatic carbocycles. The second kappa shape index (κ2) is 52.0. The molecular formula is C2H19Cl2N5O2. The minimum Gasteiger partial charge on any atom is -0.480 e. The van der Waals surface area contributed by atoms with Gasteiger partial charge in [-0.25, -0.2) is 0 Å². The fourth-order valence-corrected chi connectivity index (χ4v) is 0. The van der Waals surface area contributed by atoms with E-state index in [1.807, 2.05) is 0 Å². The Morgan fingerprint density at radius 3 is 1.18 bits per heavy atom. The van der Waals surface area contributed by atoms with Crippen LogP contribution < -0.4 is 30.3 Å². The summed E-state index contributed by atoms with van der Waals surface area (Å²) in [7, 11) is 0. The van der Waals surface area contributed by atoms with Crippen LogP contribution in [0.5, 0.6) is 0 Å². The highest BCUT2D eigenvalue weighted by atomic mass is 35.5. The molecule has 11 heavy (non-hydrogen) atoms. The minimum absolute atomic E-state index is 0. The lowest BCUT2D eigenvalue weighted by molar-refractivity contribution is -0.135. The Bertz CT molecular complexity index is 55.7. The summed E-state index contributed by atoms with van der Waals surface area (Å²) in [4.78, 5) is 9.24. The van der Waals surface area contributed by atoms with E-state index in [-0.39, 0.29) is 56.0 Å². The molecule has 78 valence electrons. The first-order valence-electron chi connectivity index (χ1n) is 1.19. The van der Waals surface area contributed by atoms with Crippen LogP contribution in [0.15, 0.2) is 0 Å². The first-order chi connectivity index (χ1) is 2.27. The molecule has 0 aromatic carbocycles. The molecule has 0 aromatic heterocycles. The number of hydrogen-bond acceptors (Lipinski definition) is 6. The molecule has 0 aliphatic heterocycles. The van der Waals surface area contributed by atoms with Crippen molar-refractivity contribution in [2.24, 2.45) is 5.73 Å². The molecule has 0 heterocycles. The lowest BCUT2D eigenvalue weighted by Crippen LogP contribution is -2.10. The Balaban J connectivity index is -0.00000000533. The van der Waals surface area contributed by atoms with E-state index in [4.69, 9.17) is 5.11 Å². The van der Waals surface area contributed by atoms with Crippen molar-refractivity contribution in [1.29, 1.82) is 0 Å². The summed E-state index contributed by atoms with van der Waals surface area (Å²) >= 11 is 0. The van der Waals surface area contributed by atoms with Gasteiger partial charge < -0.3 is 35.4 Å². The second-order valence-electron chi connectivity index (χ2n) is 0.598. The summed E-state index contributed by atoms with van der Waals surface area (Å²) in [6.07, 6.45) is 0. The maximum atomic E-state index is 9.24. The van der Waals surface area contributed by atoms with Crippen LogP contribution in [0.4, 0.5) is 0 Å². The van der Waals surface area contributed by atoms with Crippen LogP contribution >= 0.6 is 24.8 Å². The number of aliphatic carboxylic acids is 1. The molecule has 0 saturated carbocycles. The first kappa shape index (κ1) is 71.0. The smallest absolute Gasteiger partial charge is 0.317 e. The average molecular weight is 216 g/mol. The van der Waals surface area contributed by atoms with Crippen molar-refractivity contribution >= 4 is 30.8 Å². The first-order valence-corrected chi connectivity index (χ1v) is 1.19. The van der Waals surface area contributed by atoms with Crippen LogP contribution in [-0.4, -0.2) is 17.6 Å². The molecule has 0 atom stereocenters. The van der Waals surface area contributed by atoms with Crippen molar-refractivity contribution in [3.63, 3.8) is 0 Å². The summed E-state index contributed by atoms with van der Waals surface area (Å²) in [6.45, 7) is -0.278. The number of rotatable bonds is 1. The van der Waals surface area contributed by atoms with Gasteiger partial charge in [0.25, 0.3) is 0 Å². The number of carboxylic acid groups (broad SMARTS) is 1. The number of carboxylic acids is 1. The minimum atomic E-state index is -0.968. The van der Waals surface area contributed by atoms with Gasteiger partial charge >= 0.3 is 5.97 Å². The Hall–Kier alpha value is -0.150. The van der Waals surface area contributed by atoms with Gasteiger partial charge in [0.1, 0.15) is 0 Å². The summed E-state index contributed by atoms with van der Waals surface area (Å²) in [5.74, 6) is -0.968. The Morgan fingerprint density at radius 2 is 1.18 bits per heavy atom. The molecule has 0 bridgehead atoms. The number of nitrogens with two attached hydrogens (primary N) is 1. The van der Waals surface area contributed by atoms with Crippen molar-refractivity contribution in [1.82, 2.24) is 24.6 Å². The zero-order valence-electron chi connectivity index (χ0n) is 6.28. The Morgan fingerprint density at radius 1 is 1.09 bits per heavy atom. The standard InChI is InChI=1S/C2H5NO2.2ClH.4H3N/c3-1-2(4)5;;;;;;/h1,3H2,(H,4,5);2*1H;4*1H3. The topological polar surface area (TPSA) is 203 Å². The van der Waals surface area contributed by atoms with Crippen molar-refractivity contribution in [2.45, 2.75) is 0 Å². The van der Waals surface area contributed by atoms with E-state index in [2.05, 4.69) is 5.73 Å². The Kier molecular flexibility index (Phi) is 336. The van der Waals surface area contributed by atoms with Gasteiger partial charge in [0.05, 0.1) is 6.54 Å². The summed E-state index contributed by atoms with van der Waals surface area (Å²) in [5.41, 5.74) is 4.57. The highest BCUT2D eigenvalue weighted by Crippen LogP contribution is 1.43. The number of halogens is 2. The highest BCUT2D eigenvalue weighted by molar-refractivity contribution is 5.85. The van der Waals surface area contributed by atoms with Crippen LogP contribution in [0.2, 0.25) is 0 Å². The van der Waals surface area contributed by atoms with E-state index < -0.39 is 5.97 Å². The monoisotopic (exact) mass is 215 g/mol. The predicted molar refractivity (Wildman–Crippen MR) is 51.3 cm³/mol. The van der Waals surface area contributed by atoms with E-state index in [1.54, 1.807) is 0 Å². The van der Waals surface area contributed by atoms with Gasteiger partial charge in [-0.05, 0) is 0 Å². The lowest BCUT2D eigenvalue weighted by atomic mass is 10.7. The largest absolute Gasteiger partial charge is 0.480 e. The molecule has 0 saturated heterocycles. The maximum absolute atomic E-state index is 9.24. The zero-order chi connectivity index (χ0) is 4.28. The molecule has 9 heteroatoms. The Labute approximate surface area is 78.2 Å². The van der Waals surface area contributed by atoms with Crippen LogP contribution in [-0.2, 0) is 4.79 Å². The van der Waals surface area contributed by atoms with E-state index in [0.29, 0.717) is 0 Å². The highest BCUT2D eigenvalue weighted by Gasteiger charge is 1.81. The lowest BCUT2D eigenvalue weighted by Gasteiger charge is -1.73. The number of hydrogen-bond donors (Lipinski definition) is 6. The molecule has 0 rings (SSSR count). The van der Waals surface area contributed by atoms with Crippen molar-refractivity contribution in [3.05, 3.63) is 0 Å². The van der Waals surface area contributed by atoms with E-state index in [9.17, 15) is 4.79 Å². The van der Waals surface area contributed by atoms with E-state index in [0.717, 1.165) is 0 Å². The van der Waals surface area contributed by atoms with E-state index >= 15 is 0 Å². The van der Waals surface area contributed by atoms with E-state index in [1.165, 1.54) is 0 Å². The molecular weight excluding hydrogens is 197 g/mol. The van der Waals surface area contributed by atoms with Crippen LogP contribution in [0.3, 0.4) is 0 Å². The molecule has 0 aliphatic rings. The van der Waals surface area contributed by atoms with Gasteiger partial charge in [-0.1, -0.05) is 0 Å². The fraction of sp³-hybridized carbons (Fsp3) is 0.500. The number of carbonyl (C=O) groups is 1. The van der Waals surface area contributed by atoms with Gasteiger partial charge in [-0.3, -0.25) is 4.79 Å². The van der Waals surface area contributed by atoms with Gasteiger partial charge in [0, 0.05) is 0 Å². The quantitative estimate of drug-likeness (QED) is 0.366. The SMILES string of the molecule is Cl.Cl.N.N.N.N.NCC(=O)O. The van der Waals surface area contributed by atoms with Crippen molar-refractivity contribution < 1.29 is 9.90 Å². The van der Waals surface area contributed by atoms with Crippen LogP contribution in [0.25, 0.3) is 0 Å². The summed E-state index contributed by atoms with van der Waals surface area (Å²) in [5, 5.41) is 7.60. The molecule has 0 radical (unpaired) electrons. The second-order valence-corrected chi connectivity index (χ2v) is 0.598. The molecule has 0 unspecified atom stereocenters. The summed E-state index contributed by atoms with van der Waals surface area (Å²) < 4.78 is 0. The third kappa shape index (κ3) is 177. The van der Waals surface area contributed by atoms with Gasteiger partial charge in [-0.15, -0.1) is 24.8 Å². The predicted octanol–water partition coefficient (Wildman–Crippen LogP) is 0.521. The zero-order valence-corrected chi connectivity index (χ0v) is 7.92. The summed E-state index contributed by atoms with van der Waals surface area (Å²) in [6, 6.07) is 0. The van der Waals surface area contributed by atoms with Crippen molar-refractivity contribution in [3.8, 4) is 0 Å². The molecule has 0 amide bonds. The fourth-order valence-electron chi connectivity index (χ4n) is 0. The molecule has 0 fully saturated rings. The van der Waals surface area contributed by atoms with Gasteiger partial charge in [0.15, 0.2) is 0 Å². The third-order valence-corrected chi connectivity index (χ3v) is 0.175. The molecule has 0 aromatic rings. The van der Waals surface area contributed by atoms with Gasteiger partial charge in [0.2, 0.25) is 0 Å².